The normalized spacial score (nSPS) is 10.8. The number of pyridine rings is 1. The summed E-state index contributed by atoms with van der Waals surface area (Å²) in [6, 6.07) is 14.6. The first-order valence-electron chi connectivity index (χ1n) is 7.59. The van der Waals surface area contributed by atoms with Crippen LogP contribution in [-0.2, 0) is 11.8 Å². The molecule has 5 heteroatoms. The molecule has 3 rings (SSSR count). The van der Waals surface area contributed by atoms with Crippen molar-refractivity contribution in [2.45, 2.75) is 6.92 Å². The first kappa shape index (κ1) is 16.3. The van der Waals surface area contributed by atoms with Gasteiger partial charge in [-0.15, -0.1) is 0 Å². The zero-order valence-corrected chi connectivity index (χ0v) is 14.1. The van der Waals surface area contributed by atoms with Gasteiger partial charge < -0.3 is 9.30 Å². The lowest BCUT2D eigenvalue weighted by Gasteiger charge is -2.16. The van der Waals surface area contributed by atoms with Crippen molar-refractivity contribution < 1.29 is 9.53 Å². The second-order valence-electron chi connectivity index (χ2n) is 5.36. The fourth-order valence-electron chi connectivity index (χ4n) is 2.82. The summed E-state index contributed by atoms with van der Waals surface area (Å²) in [6.45, 7) is 1.97. The number of ether oxygens (including phenoxy) is 1. The molecule has 0 aliphatic rings. The molecule has 0 atom stereocenters. The monoisotopic (exact) mass is 341 g/mol. The van der Waals surface area contributed by atoms with Gasteiger partial charge in [0, 0.05) is 23.0 Å². The van der Waals surface area contributed by atoms with Crippen molar-refractivity contribution in [3.05, 3.63) is 69.6 Å². The molecule has 1 heterocycles. The molecule has 0 amide bonds. The summed E-state index contributed by atoms with van der Waals surface area (Å²) in [5.74, 6) is -0.521. The van der Waals surface area contributed by atoms with Gasteiger partial charge in [-0.2, -0.15) is 0 Å². The predicted octanol–water partition coefficient (Wildman–Crippen LogP) is 4.04. The van der Waals surface area contributed by atoms with Crippen LogP contribution < -0.4 is 5.56 Å². The van der Waals surface area contributed by atoms with E-state index in [1.807, 2.05) is 30.3 Å². The maximum atomic E-state index is 12.7. The maximum absolute atomic E-state index is 12.7. The number of halogens is 1. The van der Waals surface area contributed by atoms with Gasteiger partial charge in [-0.1, -0.05) is 48.0 Å². The molecule has 0 saturated heterocycles. The number of carbonyl (C=O) groups excluding carboxylic acids is 1. The van der Waals surface area contributed by atoms with Crippen LogP contribution in [0.5, 0.6) is 0 Å². The lowest BCUT2D eigenvalue weighted by atomic mass is 9.97. The molecule has 3 aromatic rings. The van der Waals surface area contributed by atoms with Crippen molar-refractivity contribution in [2.24, 2.45) is 7.05 Å². The smallest absolute Gasteiger partial charge is 0.355 e. The Morgan fingerprint density at radius 3 is 2.50 bits per heavy atom. The van der Waals surface area contributed by atoms with Crippen LogP contribution in [-0.4, -0.2) is 17.1 Å². The Hall–Kier alpha value is -2.59. The van der Waals surface area contributed by atoms with Crippen molar-refractivity contribution in [1.29, 1.82) is 0 Å². The molecule has 0 unspecified atom stereocenters. The first-order chi connectivity index (χ1) is 11.5. The van der Waals surface area contributed by atoms with E-state index in [0.29, 0.717) is 21.4 Å². The van der Waals surface area contributed by atoms with E-state index in [0.717, 1.165) is 5.56 Å². The third-order valence-corrected chi connectivity index (χ3v) is 4.12. The standard InChI is InChI=1S/C19H16ClNO3/c1-3-24-19(23)17-16(12-7-5-4-6-8-12)14-10-9-13(20)11-15(14)18(22)21(17)2/h4-11H,3H2,1-2H3. The quantitative estimate of drug-likeness (QED) is 0.676. The number of carbonyl (C=O) groups is 1. The van der Waals surface area contributed by atoms with Crippen molar-refractivity contribution >= 4 is 28.3 Å². The van der Waals surface area contributed by atoms with Crippen LogP contribution in [0.15, 0.2) is 53.3 Å². The lowest BCUT2D eigenvalue weighted by Crippen LogP contribution is -2.26. The molecule has 0 N–H and O–H groups in total. The summed E-state index contributed by atoms with van der Waals surface area (Å²) in [5.41, 5.74) is 1.46. The van der Waals surface area contributed by atoms with Gasteiger partial charge in [-0.3, -0.25) is 4.79 Å². The van der Waals surface area contributed by atoms with Crippen LogP contribution in [0.2, 0.25) is 5.02 Å². The SMILES string of the molecule is CCOC(=O)c1c(-c2ccccc2)c2ccc(Cl)cc2c(=O)n1C. The largest absolute Gasteiger partial charge is 0.461 e. The molecule has 2 aromatic carbocycles. The van der Waals surface area contributed by atoms with E-state index in [-0.39, 0.29) is 17.9 Å². The van der Waals surface area contributed by atoms with Crippen LogP contribution in [0.1, 0.15) is 17.4 Å². The fourth-order valence-corrected chi connectivity index (χ4v) is 3.00. The van der Waals surface area contributed by atoms with Gasteiger partial charge in [-0.05, 0) is 30.0 Å². The second kappa shape index (κ2) is 6.49. The van der Waals surface area contributed by atoms with Crippen molar-refractivity contribution in [1.82, 2.24) is 4.57 Å². The van der Waals surface area contributed by atoms with Gasteiger partial charge in [0.15, 0.2) is 0 Å². The van der Waals surface area contributed by atoms with E-state index in [4.69, 9.17) is 16.3 Å². The second-order valence-corrected chi connectivity index (χ2v) is 5.80. The molecule has 24 heavy (non-hydrogen) atoms. The van der Waals surface area contributed by atoms with Crippen molar-refractivity contribution in [3.8, 4) is 11.1 Å². The summed E-state index contributed by atoms with van der Waals surface area (Å²) >= 11 is 6.05. The average Bonchev–Trinajstić information content (AvgIpc) is 2.59. The highest BCUT2D eigenvalue weighted by atomic mass is 35.5. The first-order valence-corrected chi connectivity index (χ1v) is 7.97. The van der Waals surface area contributed by atoms with Crippen LogP contribution in [0.3, 0.4) is 0 Å². The molecule has 0 fully saturated rings. The number of rotatable bonds is 3. The lowest BCUT2D eigenvalue weighted by molar-refractivity contribution is 0.0515. The molecule has 0 saturated carbocycles. The van der Waals surface area contributed by atoms with Gasteiger partial charge in [0.05, 0.1) is 6.61 Å². The zero-order valence-electron chi connectivity index (χ0n) is 13.4. The minimum Gasteiger partial charge on any atom is -0.461 e. The average molecular weight is 342 g/mol. The Balaban J connectivity index is 2.49. The summed E-state index contributed by atoms with van der Waals surface area (Å²) in [5, 5.41) is 1.62. The molecule has 0 aliphatic carbocycles. The number of benzene rings is 2. The highest BCUT2D eigenvalue weighted by Crippen LogP contribution is 2.32. The Bertz CT molecular complexity index is 977. The van der Waals surface area contributed by atoms with E-state index in [1.165, 1.54) is 4.57 Å². The number of esters is 1. The number of hydrogen-bond acceptors (Lipinski definition) is 3. The van der Waals surface area contributed by atoms with E-state index in [2.05, 4.69) is 0 Å². The van der Waals surface area contributed by atoms with Gasteiger partial charge in [0.2, 0.25) is 0 Å². The highest BCUT2D eigenvalue weighted by molar-refractivity contribution is 6.31. The number of hydrogen-bond donors (Lipinski definition) is 0. The van der Waals surface area contributed by atoms with E-state index in [9.17, 15) is 9.59 Å². The van der Waals surface area contributed by atoms with E-state index in [1.54, 1.807) is 32.2 Å². The van der Waals surface area contributed by atoms with E-state index < -0.39 is 5.97 Å². The Labute approximate surface area is 144 Å². The zero-order chi connectivity index (χ0) is 17.3. The number of nitrogens with zero attached hydrogens (tertiary/aromatic N) is 1. The van der Waals surface area contributed by atoms with Crippen LogP contribution in [0, 0.1) is 0 Å². The molecular weight excluding hydrogens is 326 g/mol. The molecule has 4 nitrogen and oxygen atoms in total. The minimum absolute atomic E-state index is 0.236. The molecule has 122 valence electrons. The summed E-state index contributed by atoms with van der Waals surface area (Å²) in [7, 11) is 1.57. The topological polar surface area (TPSA) is 48.3 Å². The van der Waals surface area contributed by atoms with Crippen LogP contribution in [0.25, 0.3) is 21.9 Å². The fraction of sp³-hybridized carbons (Fsp3) is 0.158. The molecule has 1 aromatic heterocycles. The van der Waals surface area contributed by atoms with Crippen LogP contribution in [0.4, 0.5) is 0 Å². The van der Waals surface area contributed by atoms with Gasteiger partial charge in [0.25, 0.3) is 5.56 Å². The Kier molecular flexibility index (Phi) is 4.40. The Morgan fingerprint density at radius 2 is 1.83 bits per heavy atom. The van der Waals surface area contributed by atoms with Crippen molar-refractivity contribution in [2.75, 3.05) is 6.61 Å². The van der Waals surface area contributed by atoms with Gasteiger partial charge in [0.1, 0.15) is 5.69 Å². The van der Waals surface area contributed by atoms with Crippen LogP contribution >= 0.6 is 11.6 Å². The van der Waals surface area contributed by atoms with Gasteiger partial charge >= 0.3 is 5.97 Å². The molecule has 0 bridgehead atoms. The minimum atomic E-state index is -0.521. The Morgan fingerprint density at radius 1 is 1.12 bits per heavy atom. The van der Waals surface area contributed by atoms with Crippen molar-refractivity contribution in [3.63, 3.8) is 0 Å². The molecule has 0 radical (unpaired) electrons. The van der Waals surface area contributed by atoms with Gasteiger partial charge in [-0.25, -0.2) is 4.79 Å². The summed E-state index contributed by atoms with van der Waals surface area (Å²) < 4.78 is 6.51. The van der Waals surface area contributed by atoms with E-state index >= 15 is 0 Å². The third-order valence-electron chi connectivity index (χ3n) is 3.89. The molecule has 0 spiro atoms. The predicted molar refractivity (Wildman–Crippen MR) is 95.6 cm³/mol. The number of fused-ring (bicyclic) bond motifs is 1. The summed E-state index contributed by atoms with van der Waals surface area (Å²) in [4.78, 5) is 25.2. The molecule has 0 aliphatic heterocycles. The number of aromatic nitrogens is 1. The summed E-state index contributed by atoms with van der Waals surface area (Å²) in [6.07, 6.45) is 0. The molecular formula is C19H16ClNO3. The third kappa shape index (κ3) is 2.69. The highest BCUT2D eigenvalue weighted by Gasteiger charge is 2.22. The maximum Gasteiger partial charge on any atom is 0.355 e.